The van der Waals surface area contributed by atoms with Crippen molar-refractivity contribution in [3.8, 4) is 0 Å². The highest BCUT2D eigenvalue weighted by atomic mass is 16.1. The van der Waals surface area contributed by atoms with Crippen LogP contribution in [0.3, 0.4) is 0 Å². The van der Waals surface area contributed by atoms with Crippen LogP contribution in [0.25, 0.3) is 0 Å². The summed E-state index contributed by atoms with van der Waals surface area (Å²) in [5, 5.41) is 9.69. The van der Waals surface area contributed by atoms with Gasteiger partial charge in [-0.3, -0.25) is 4.79 Å². The van der Waals surface area contributed by atoms with Gasteiger partial charge in [0.2, 0.25) is 5.91 Å². The van der Waals surface area contributed by atoms with Crippen LogP contribution in [0.1, 0.15) is 19.3 Å². The van der Waals surface area contributed by atoms with Gasteiger partial charge in [-0.25, -0.2) is 0 Å². The number of carbonyl (C=O) groups is 1. The lowest BCUT2D eigenvalue weighted by molar-refractivity contribution is -0.119. The van der Waals surface area contributed by atoms with Crippen molar-refractivity contribution in [2.75, 3.05) is 19.6 Å². The predicted octanol–water partition coefficient (Wildman–Crippen LogP) is -0.783. The zero-order chi connectivity index (χ0) is 9.10. The van der Waals surface area contributed by atoms with E-state index in [1.807, 2.05) is 0 Å². The standard InChI is InChI=1S/C9H17N3O/c13-9-5-8(6-11-9)12-7-1-3-10-4-2-7/h7-8,10,12H,1-6H2,(H,11,13). The second-order valence-electron chi connectivity index (χ2n) is 3.90. The van der Waals surface area contributed by atoms with Crippen LogP contribution in [0, 0.1) is 0 Å². The summed E-state index contributed by atoms with van der Waals surface area (Å²) in [6, 6.07) is 0.981. The van der Waals surface area contributed by atoms with Crippen LogP contribution in [0.4, 0.5) is 0 Å². The second-order valence-corrected chi connectivity index (χ2v) is 3.90. The van der Waals surface area contributed by atoms with E-state index in [1.165, 1.54) is 12.8 Å². The Bertz CT molecular complexity index is 189. The Kier molecular flexibility index (Phi) is 2.80. The van der Waals surface area contributed by atoms with E-state index in [1.54, 1.807) is 0 Å². The number of piperidine rings is 1. The van der Waals surface area contributed by atoms with Crippen molar-refractivity contribution in [1.29, 1.82) is 0 Å². The molecular formula is C9H17N3O. The summed E-state index contributed by atoms with van der Waals surface area (Å²) < 4.78 is 0. The number of hydrogen-bond donors (Lipinski definition) is 3. The van der Waals surface area contributed by atoms with Crippen LogP contribution in [-0.2, 0) is 4.79 Å². The third kappa shape index (κ3) is 2.42. The van der Waals surface area contributed by atoms with Crippen molar-refractivity contribution in [2.24, 2.45) is 0 Å². The molecule has 1 amide bonds. The average Bonchev–Trinajstić information content (AvgIpc) is 2.53. The molecule has 0 aromatic rings. The summed E-state index contributed by atoms with van der Waals surface area (Å²) in [5.41, 5.74) is 0. The van der Waals surface area contributed by atoms with Crippen LogP contribution in [0.2, 0.25) is 0 Å². The first kappa shape index (κ1) is 8.97. The molecule has 3 N–H and O–H groups in total. The van der Waals surface area contributed by atoms with Crippen molar-refractivity contribution in [2.45, 2.75) is 31.3 Å². The van der Waals surface area contributed by atoms with E-state index in [4.69, 9.17) is 0 Å². The van der Waals surface area contributed by atoms with Gasteiger partial charge < -0.3 is 16.0 Å². The van der Waals surface area contributed by atoms with Crippen LogP contribution in [0.15, 0.2) is 0 Å². The fourth-order valence-electron chi connectivity index (χ4n) is 2.04. The molecule has 4 nitrogen and oxygen atoms in total. The minimum absolute atomic E-state index is 0.187. The molecule has 1 unspecified atom stereocenters. The molecule has 2 aliphatic rings. The van der Waals surface area contributed by atoms with Gasteiger partial charge in [-0.15, -0.1) is 0 Å². The van der Waals surface area contributed by atoms with Crippen molar-refractivity contribution in [3.63, 3.8) is 0 Å². The van der Waals surface area contributed by atoms with Gasteiger partial charge in [0.05, 0.1) is 0 Å². The Morgan fingerprint density at radius 2 is 2.00 bits per heavy atom. The highest BCUT2D eigenvalue weighted by molar-refractivity contribution is 5.78. The lowest BCUT2D eigenvalue weighted by Crippen LogP contribution is -2.45. The molecule has 1 atom stereocenters. The molecule has 2 heterocycles. The molecule has 13 heavy (non-hydrogen) atoms. The molecule has 0 bridgehead atoms. The Morgan fingerprint density at radius 3 is 2.62 bits per heavy atom. The molecule has 0 spiro atoms. The molecule has 0 radical (unpaired) electrons. The van der Waals surface area contributed by atoms with Crippen LogP contribution >= 0.6 is 0 Å². The molecule has 2 aliphatic heterocycles. The largest absolute Gasteiger partial charge is 0.354 e. The SMILES string of the molecule is O=C1CC(NC2CCNCC2)CN1. The Morgan fingerprint density at radius 1 is 1.23 bits per heavy atom. The summed E-state index contributed by atoms with van der Waals surface area (Å²) >= 11 is 0. The quantitative estimate of drug-likeness (QED) is 0.526. The second kappa shape index (κ2) is 4.07. The summed E-state index contributed by atoms with van der Waals surface area (Å²) in [6.45, 7) is 3.01. The fourth-order valence-corrected chi connectivity index (χ4v) is 2.04. The maximum atomic E-state index is 10.9. The molecule has 4 heteroatoms. The van der Waals surface area contributed by atoms with E-state index in [0.717, 1.165) is 19.6 Å². The smallest absolute Gasteiger partial charge is 0.221 e. The Labute approximate surface area is 78.5 Å². The normalized spacial score (nSPS) is 30.5. The monoisotopic (exact) mass is 183 g/mol. The van der Waals surface area contributed by atoms with Gasteiger partial charge >= 0.3 is 0 Å². The maximum Gasteiger partial charge on any atom is 0.221 e. The molecule has 0 aliphatic carbocycles. The van der Waals surface area contributed by atoms with Gasteiger partial charge in [-0.1, -0.05) is 0 Å². The number of hydrogen-bond acceptors (Lipinski definition) is 3. The highest BCUT2D eigenvalue weighted by Gasteiger charge is 2.24. The van der Waals surface area contributed by atoms with Gasteiger partial charge in [-0.05, 0) is 25.9 Å². The molecule has 0 saturated carbocycles. The van der Waals surface area contributed by atoms with Gasteiger partial charge in [0, 0.05) is 25.0 Å². The maximum absolute atomic E-state index is 10.9. The lowest BCUT2D eigenvalue weighted by Gasteiger charge is -2.26. The van der Waals surface area contributed by atoms with E-state index in [2.05, 4.69) is 16.0 Å². The third-order valence-electron chi connectivity index (χ3n) is 2.79. The van der Waals surface area contributed by atoms with Crippen molar-refractivity contribution >= 4 is 5.91 Å². The summed E-state index contributed by atoms with van der Waals surface area (Å²) in [6.07, 6.45) is 3.03. The Balaban J connectivity index is 1.73. The van der Waals surface area contributed by atoms with E-state index in [9.17, 15) is 4.79 Å². The molecule has 0 aromatic carbocycles. The van der Waals surface area contributed by atoms with E-state index in [-0.39, 0.29) is 5.91 Å². The van der Waals surface area contributed by atoms with Gasteiger partial charge in [0.15, 0.2) is 0 Å². The minimum atomic E-state index is 0.187. The predicted molar refractivity (Wildman–Crippen MR) is 50.4 cm³/mol. The fraction of sp³-hybridized carbons (Fsp3) is 0.889. The van der Waals surface area contributed by atoms with E-state index in [0.29, 0.717) is 18.5 Å². The molecule has 2 saturated heterocycles. The number of rotatable bonds is 2. The molecule has 2 fully saturated rings. The molecule has 0 aromatic heterocycles. The highest BCUT2D eigenvalue weighted by Crippen LogP contribution is 2.07. The lowest BCUT2D eigenvalue weighted by atomic mass is 10.1. The molecule has 74 valence electrons. The Hall–Kier alpha value is -0.610. The summed E-state index contributed by atoms with van der Waals surface area (Å²) in [4.78, 5) is 10.9. The van der Waals surface area contributed by atoms with Gasteiger partial charge in [0.1, 0.15) is 0 Å². The number of nitrogens with one attached hydrogen (secondary N) is 3. The molecule has 2 rings (SSSR count). The number of amides is 1. The first-order valence-electron chi connectivity index (χ1n) is 5.08. The minimum Gasteiger partial charge on any atom is -0.354 e. The van der Waals surface area contributed by atoms with Crippen LogP contribution < -0.4 is 16.0 Å². The zero-order valence-electron chi connectivity index (χ0n) is 7.81. The first-order valence-corrected chi connectivity index (χ1v) is 5.08. The van der Waals surface area contributed by atoms with Crippen molar-refractivity contribution in [1.82, 2.24) is 16.0 Å². The number of carbonyl (C=O) groups excluding carboxylic acids is 1. The zero-order valence-corrected chi connectivity index (χ0v) is 7.81. The molecular weight excluding hydrogens is 166 g/mol. The van der Waals surface area contributed by atoms with Crippen LogP contribution in [0.5, 0.6) is 0 Å². The first-order chi connectivity index (χ1) is 6.34. The summed E-state index contributed by atoms with van der Waals surface area (Å²) in [5.74, 6) is 0.187. The van der Waals surface area contributed by atoms with Crippen molar-refractivity contribution < 1.29 is 4.79 Å². The topological polar surface area (TPSA) is 53.2 Å². The van der Waals surface area contributed by atoms with Crippen molar-refractivity contribution in [3.05, 3.63) is 0 Å². The van der Waals surface area contributed by atoms with Gasteiger partial charge in [0.25, 0.3) is 0 Å². The van der Waals surface area contributed by atoms with Gasteiger partial charge in [-0.2, -0.15) is 0 Å². The average molecular weight is 183 g/mol. The van der Waals surface area contributed by atoms with E-state index >= 15 is 0 Å². The summed E-state index contributed by atoms with van der Waals surface area (Å²) in [7, 11) is 0. The van der Waals surface area contributed by atoms with Crippen LogP contribution in [-0.4, -0.2) is 37.6 Å². The van der Waals surface area contributed by atoms with E-state index < -0.39 is 0 Å². The third-order valence-corrected chi connectivity index (χ3v) is 2.79.